The van der Waals surface area contributed by atoms with Crippen LogP contribution in [0.1, 0.15) is 11.1 Å². The second-order valence-electron chi connectivity index (χ2n) is 6.24. The molecule has 0 aliphatic heterocycles. The minimum atomic E-state index is -0.154. The Hall–Kier alpha value is -3.12. The Kier molecular flexibility index (Phi) is 5.16. The van der Waals surface area contributed by atoms with Gasteiger partial charge in [-0.2, -0.15) is 5.10 Å². The van der Waals surface area contributed by atoms with Crippen molar-refractivity contribution in [2.75, 3.05) is 6.54 Å². The smallest absolute Gasteiger partial charge is 0.315 e. The Morgan fingerprint density at radius 1 is 1.07 bits per heavy atom. The van der Waals surface area contributed by atoms with Gasteiger partial charge >= 0.3 is 6.03 Å². The molecular weight excluding hydrogens is 356 g/mol. The third-order valence-electron chi connectivity index (χ3n) is 4.37. The van der Waals surface area contributed by atoms with E-state index in [0.717, 1.165) is 17.7 Å². The molecule has 0 unspecified atom stereocenters. The summed E-state index contributed by atoms with van der Waals surface area (Å²) in [4.78, 5) is 12.1. The molecule has 4 rings (SSSR count). The number of carbonyl (C=O) groups excluding carboxylic acids is 1. The van der Waals surface area contributed by atoms with Crippen LogP contribution in [0.25, 0.3) is 15.8 Å². The SMILES string of the molecule is O=C(NCCc1csc2ccccc12)NCc1cccc(-n2cccn2)c1. The van der Waals surface area contributed by atoms with Gasteiger partial charge in [0.1, 0.15) is 0 Å². The molecule has 4 aromatic rings. The van der Waals surface area contributed by atoms with Crippen molar-refractivity contribution in [2.45, 2.75) is 13.0 Å². The van der Waals surface area contributed by atoms with Crippen LogP contribution in [0.3, 0.4) is 0 Å². The van der Waals surface area contributed by atoms with Crippen molar-refractivity contribution in [1.29, 1.82) is 0 Å². The maximum Gasteiger partial charge on any atom is 0.315 e. The number of thiophene rings is 1. The van der Waals surface area contributed by atoms with Crippen molar-refractivity contribution in [3.05, 3.63) is 83.5 Å². The lowest BCUT2D eigenvalue weighted by atomic mass is 10.1. The minimum absolute atomic E-state index is 0.154. The summed E-state index contributed by atoms with van der Waals surface area (Å²) in [5, 5.41) is 13.5. The number of fused-ring (bicyclic) bond motifs is 1. The van der Waals surface area contributed by atoms with Crippen LogP contribution in [0.15, 0.2) is 72.4 Å². The summed E-state index contributed by atoms with van der Waals surface area (Å²) < 4.78 is 3.09. The van der Waals surface area contributed by atoms with Gasteiger partial charge in [0.05, 0.1) is 5.69 Å². The summed E-state index contributed by atoms with van der Waals surface area (Å²) in [5.74, 6) is 0. The number of nitrogens with zero attached hydrogens (tertiary/aromatic N) is 2. The van der Waals surface area contributed by atoms with Gasteiger partial charge in [-0.1, -0.05) is 30.3 Å². The summed E-state index contributed by atoms with van der Waals surface area (Å²) in [7, 11) is 0. The fraction of sp³-hybridized carbons (Fsp3) is 0.143. The van der Waals surface area contributed by atoms with Gasteiger partial charge in [-0.05, 0) is 52.6 Å². The fourth-order valence-corrected chi connectivity index (χ4v) is 4.01. The monoisotopic (exact) mass is 376 g/mol. The summed E-state index contributed by atoms with van der Waals surface area (Å²) in [6, 6.07) is 18.1. The van der Waals surface area contributed by atoms with Crippen LogP contribution in [-0.2, 0) is 13.0 Å². The highest BCUT2D eigenvalue weighted by molar-refractivity contribution is 7.17. The molecule has 0 radical (unpaired) electrons. The quantitative estimate of drug-likeness (QED) is 0.532. The van der Waals surface area contributed by atoms with E-state index in [0.29, 0.717) is 13.1 Å². The predicted molar refractivity (Wildman–Crippen MR) is 109 cm³/mol. The molecule has 0 aliphatic carbocycles. The van der Waals surface area contributed by atoms with Crippen LogP contribution < -0.4 is 10.6 Å². The summed E-state index contributed by atoms with van der Waals surface area (Å²) in [5.41, 5.74) is 3.29. The van der Waals surface area contributed by atoms with Gasteiger partial charge in [0.15, 0.2) is 0 Å². The van der Waals surface area contributed by atoms with Gasteiger partial charge in [-0.3, -0.25) is 0 Å². The molecule has 5 nitrogen and oxygen atoms in total. The summed E-state index contributed by atoms with van der Waals surface area (Å²) in [6.45, 7) is 1.09. The zero-order valence-corrected chi connectivity index (χ0v) is 15.6. The standard InChI is InChI=1S/C21H20N4OS/c26-21(22-11-9-17-15-27-20-8-2-1-7-19(17)20)23-14-16-5-3-6-18(13-16)25-12-4-10-24-25/h1-8,10,12-13,15H,9,11,14H2,(H2,22,23,26). The van der Waals surface area contributed by atoms with Crippen molar-refractivity contribution >= 4 is 27.5 Å². The largest absolute Gasteiger partial charge is 0.338 e. The Labute approximate surface area is 161 Å². The fourth-order valence-electron chi connectivity index (χ4n) is 3.01. The Bertz CT molecular complexity index is 1040. The highest BCUT2D eigenvalue weighted by atomic mass is 32.1. The molecule has 2 N–H and O–H groups in total. The highest BCUT2D eigenvalue weighted by Gasteiger charge is 2.05. The van der Waals surface area contributed by atoms with Gasteiger partial charge in [0.2, 0.25) is 0 Å². The van der Waals surface area contributed by atoms with Gasteiger partial charge in [0, 0.05) is 30.2 Å². The van der Waals surface area contributed by atoms with Crippen LogP contribution in [0.4, 0.5) is 4.79 Å². The lowest BCUT2D eigenvalue weighted by Crippen LogP contribution is -2.36. The first-order chi connectivity index (χ1) is 13.3. The third kappa shape index (κ3) is 4.17. The van der Waals surface area contributed by atoms with E-state index in [1.54, 1.807) is 22.2 Å². The van der Waals surface area contributed by atoms with Crippen molar-refractivity contribution in [3.63, 3.8) is 0 Å². The lowest BCUT2D eigenvalue weighted by Gasteiger charge is -2.09. The van der Waals surface area contributed by atoms with Gasteiger partial charge in [-0.15, -0.1) is 11.3 Å². The van der Waals surface area contributed by atoms with E-state index in [2.05, 4.69) is 45.4 Å². The highest BCUT2D eigenvalue weighted by Crippen LogP contribution is 2.25. The zero-order valence-electron chi connectivity index (χ0n) is 14.8. The van der Waals surface area contributed by atoms with E-state index in [1.165, 1.54) is 15.6 Å². The molecule has 136 valence electrons. The van der Waals surface area contributed by atoms with Crippen LogP contribution in [0, 0.1) is 0 Å². The van der Waals surface area contributed by atoms with Crippen molar-refractivity contribution in [3.8, 4) is 5.69 Å². The molecule has 2 aromatic heterocycles. The number of aromatic nitrogens is 2. The number of urea groups is 1. The topological polar surface area (TPSA) is 59.0 Å². The second kappa shape index (κ2) is 8.05. The van der Waals surface area contributed by atoms with Gasteiger partial charge in [-0.25, -0.2) is 9.48 Å². The normalized spacial score (nSPS) is 10.8. The van der Waals surface area contributed by atoms with E-state index < -0.39 is 0 Å². The number of rotatable bonds is 6. The molecular formula is C21H20N4OS. The van der Waals surface area contributed by atoms with E-state index in [9.17, 15) is 4.79 Å². The van der Waals surface area contributed by atoms with E-state index in [-0.39, 0.29) is 6.03 Å². The second-order valence-corrected chi connectivity index (χ2v) is 7.15. The van der Waals surface area contributed by atoms with Crippen LogP contribution in [-0.4, -0.2) is 22.4 Å². The molecule has 2 heterocycles. The number of amides is 2. The number of carbonyl (C=O) groups is 1. The average Bonchev–Trinajstić information content (AvgIpc) is 3.37. The molecule has 0 saturated carbocycles. The van der Waals surface area contributed by atoms with Crippen molar-refractivity contribution < 1.29 is 4.79 Å². The lowest BCUT2D eigenvalue weighted by molar-refractivity contribution is 0.240. The molecule has 0 bridgehead atoms. The van der Waals surface area contributed by atoms with Crippen molar-refractivity contribution in [2.24, 2.45) is 0 Å². The molecule has 0 atom stereocenters. The molecule has 6 heteroatoms. The molecule has 0 spiro atoms. The third-order valence-corrected chi connectivity index (χ3v) is 5.39. The van der Waals surface area contributed by atoms with Gasteiger partial charge < -0.3 is 10.6 Å². The molecule has 2 amide bonds. The Morgan fingerprint density at radius 2 is 2.00 bits per heavy atom. The average molecular weight is 376 g/mol. The first-order valence-corrected chi connectivity index (χ1v) is 9.73. The molecule has 0 aliphatic rings. The number of hydrogen-bond donors (Lipinski definition) is 2. The molecule has 2 aromatic carbocycles. The predicted octanol–water partition coefficient (Wildman–Crippen LogP) is 4.13. The number of hydrogen-bond acceptors (Lipinski definition) is 3. The maximum absolute atomic E-state index is 12.1. The Morgan fingerprint density at radius 3 is 2.89 bits per heavy atom. The first-order valence-electron chi connectivity index (χ1n) is 8.85. The van der Waals surface area contributed by atoms with E-state index in [1.807, 2.05) is 36.5 Å². The summed E-state index contributed by atoms with van der Waals surface area (Å²) >= 11 is 1.75. The molecule has 0 fully saturated rings. The van der Waals surface area contributed by atoms with Crippen LogP contribution in [0.5, 0.6) is 0 Å². The van der Waals surface area contributed by atoms with Crippen molar-refractivity contribution in [1.82, 2.24) is 20.4 Å². The molecule has 27 heavy (non-hydrogen) atoms. The minimum Gasteiger partial charge on any atom is -0.338 e. The Balaban J connectivity index is 1.27. The molecule has 0 saturated heterocycles. The van der Waals surface area contributed by atoms with Crippen LogP contribution >= 0.6 is 11.3 Å². The summed E-state index contributed by atoms with van der Waals surface area (Å²) in [6.07, 6.45) is 4.47. The first kappa shape index (κ1) is 17.3. The van der Waals surface area contributed by atoms with E-state index in [4.69, 9.17) is 0 Å². The zero-order chi connectivity index (χ0) is 18.5. The number of benzene rings is 2. The van der Waals surface area contributed by atoms with E-state index >= 15 is 0 Å². The van der Waals surface area contributed by atoms with Crippen LogP contribution in [0.2, 0.25) is 0 Å². The maximum atomic E-state index is 12.1. The van der Waals surface area contributed by atoms with Gasteiger partial charge in [0.25, 0.3) is 0 Å². The number of nitrogens with one attached hydrogen (secondary N) is 2.